The van der Waals surface area contributed by atoms with Crippen molar-refractivity contribution < 1.29 is 0 Å². The molecule has 0 aliphatic heterocycles. The highest BCUT2D eigenvalue weighted by molar-refractivity contribution is 8.03. The van der Waals surface area contributed by atoms with Gasteiger partial charge in [-0.1, -0.05) is 18.2 Å². The van der Waals surface area contributed by atoms with Crippen LogP contribution in [-0.2, 0) is 0 Å². The van der Waals surface area contributed by atoms with Crippen LogP contribution in [0.15, 0.2) is 47.5 Å². The van der Waals surface area contributed by atoms with E-state index >= 15 is 0 Å². The number of thioether (sulfide) groups is 1. The molecule has 2 rings (SSSR count). The second kappa shape index (κ2) is 4.82. The Bertz CT molecular complexity index is 509. The van der Waals surface area contributed by atoms with Crippen molar-refractivity contribution in [1.29, 1.82) is 5.26 Å². The molecular formula is C13H10N2S. The molecule has 0 amide bonds. The number of thiocyanates is 1. The lowest BCUT2D eigenvalue weighted by Crippen LogP contribution is -1.83. The third kappa shape index (κ3) is 2.41. The van der Waals surface area contributed by atoms with Gasteiger partial charge in [-0.3, -0.25) is 4.98 Å². The number of pyridine rings is 1. The Labute approximate surface area is 99.0 Å². The molecule has 0 atom stereocenters. The average molecular weight is 226 g/mol. The minimum Gasteiger partial charge on any atom is -0.256 e. The van der Waals surface area contributed by atoms with E-state index in [9.17, 15) is 0 Å². The molecule has 3 heteroatoms. The van der Waals surface area contributed by atoms with Crippen molar-refractivity contribution in [1.82, 2.24) is 4.98 Å². The molecule has 0 unspecified atom stereocenters. The van der Waals surface area contributed by atoms with E-state index in [0.717, 1.165) is 21.7 Å². The monoisotopic (exact) mass is 226 g/mol. The molecule has 2 aromatic rings. The summed E-state index contributed by atoms with van der Waals surface area (Å²) in [5.74, 6) is 0. The van der Waals surface area contributed by atoms with E-state index < -0.39 is 0 Å². The van der Waals surface area contributed by atoms with Crippen molar-refractivity contribution >= 4 is 11.8 Å². The molecule has 0 saturated carbocycles. The van der Waals surface area contributed by atoms with Gasteiger partial charge >= 0.3 is 0 Å². The van der Waals surface area contributed by atoms with Crippen molar-refractivity contribution in [3.8, 4) is 16.7 Å². The van der Waals surface area contributed by atoms with Crippen LogP contribution in [0.3, 0.4) is 0 Å². The molecule has 1 heterocycles. The molecule has 0 radical (unpaired) electrons. The highest BCUT2D eigenvalue weighted by Crippen LogP contribution is 2.22. The molecule has 0 N–H and O–H groups in total. The minimum atomic E-state index is 0.957. The number of aryl methyl sites for hydroxylation is 1. The summed E-state index contributed by atoms with van der Waals surface area (Å²) in [6.07, 6.45) is 1.85. The zero-order valence-electron chi connectivity index (χ0n) is 8.84. The SMILES string of the molecule is Cc1ccc(-c2ccc(SC#N)cc2)nc1. The zero-order chi connectivity index (χ0) is 11.4. The maximum absolute atomic E-state index is 8.54. The van der Waals surface area contributed by atoms with Crippen LogP contribution in [0.2, 0.25) is 0 Å². The molecule has 1 aromatic carbocycles. The molecule has 0 fully saturated rings. The molecular weight excluding hydrogens is 216 g/mol. The van der Waals surface area contributed by atoms with Crippen molar-refractivity contribution in [2.45, 2.75) is 11.8 Å². The summed E-state index contributed by atoms with van der Waals surface area (Å²) in [6, 6.07) is 11.9. The Balaban J connectivity index is 2.28. The summed E-state index contributed by atoms with van der Waals surface area (Å²) in [5.41, 5.74) is 3.18. The summed E-state index contributed by atoms with van der Waals surface area (Å²) < 4.78 is 0. The topological polar surface area (TPSA) is 36.7 Å². The van der Waals surface area contributed by atoms with Gasteiger partial charge in [-0.25, -0.2) is 0 Å². The van der Waals surface area contributed by atoms with Gasteiger partial charge in [-0.2, -0.15) is 5.26 Å². The molecule has 0 aliphatic rings. The minimum absolute atomic E-state index is 0.957. The molecule has 0 aliphatic carbocycles. The Morgan fingerprint density at radius 3 is 2.44 bits per heavy atom. The Kier molecular flexibility index (Phi) is 3.23. The summed E-state index contributed by atoms with van der Waals surface area (Å²) in [7, 11) is 0. The number of nitrogens with zero attached hydrogens (tertiary/aromatic N) is 2. The number of rotatable bonds is 2. The first-order valence-corrected chi connectivity index (χ1v) is 5.70. The number of nitriles is 1. The smallest absolute Gasteiger partial charge is 0.138 e. The van der Waals surface area contributed by atoms with Crippen LogP contribution in [-0.4, -0.2) is 4.98 Å². The van der Waals surface area contributed by atoms with Gasteiger partial charge in [0.1, 0.15) is 5.40 Å². The fourth-order valence-corrected chi connectivity index (χ4v) is 1.76. The van der Waals surface area contributed by atoms with Crippen LogP contribution < -0.4 is 0 Å². The van der Waals surface area contributed by atoms with Gasteiger partial charge in [0.25, 0.3) is 0 Å². The molecule has 0 saturated heterocycles. The van der Waals surface area contributed by atoms with Gasteiger partial charge in [-0.05, 0) is 42.4 Å². The number of hydrogen-bond acceptors (Lipinski definition) is 3. The summed E-state index contributed by atoms with van der Waals surface area (Å²) in [4.78, 5) is 5.31. The van der Waals surface area contributed by atoms with E-state index in [2.05, 4.69) is 10.4 Å². The first-order valence-electron chi connectivity index (χ1n) is 4.88. The van der Waals surface area contributed by atoms with E-state index in [4.69, 9.17) is 5.26 Å². The van der Waals surface area contributed by atoms with Crippen molar-refractivity contribution in [2.24, 2.45) is 0 Å². The van der Waals surface area contributed by atoms with Crippen molar-refractivity contribution in [2.75, 3.05) is 0 Å². The Hall–Kier alpha value is -1.79. The largest absolute Gasteiger partial charge is 0.256 e. The second-order valence-electron chi connectivity index (χ2n) is 3.44. The van der Waals surface area contributed by atoms with Crippen LogP contribution in [0.4, 0.5) is 0 Å². The summed E-state index contributed by atoms with van der Waals surface area (Å²) in [5, 5.41) is 10.6. The number of hydrogen-bond donors (Lipinski definition) is 0. The first-order chi connectivity index (χ1) is 7.79. The van der Waals surface area contributed by atoms with Gasteiger partial charge in [0, 0.05) is 16.7 Å². The van der Waals surface area contributed by atoms with Gasteiger partial charge in [-0.15, -0.1) is 0 Å². The highest BCUT2D eigenvalue weighted by Gasteiger charge is 1.99. The van der Waals surface area contributed by atoms with E-state index in [-0.39, 0.29) is 0 Å². The van der Waals surface area contributed by atoms with Gasteiger partial charge < -0.3 is 0 Å². The predicted octanol–water partition coefficient (Wildman–Crippen LogP) is 3.63. The molecule has 2 nitrogen and oxygen atoms in total. The predicted molar refractivity (Wildman–Crippen MR) is 65.9 cm³/mol. The van der Waals surface area contributed by atoms with E-state index in [0.29, 0.717) is 0 Å². The molecule has 0 spiro atoms. The summed E-state index contributed by atoms with van der Waals surface area (Å²) >= 11 is 1.17. The Morgan fingerprint density at radius 1 is 1.12 bits per heavy atom. The zero-order valence-corrected chi connectivity index (χ0v) is 9.66. The van der Waals surface area contributed by atoms with Crippen molar-refractivity contribution in [3.63, 3.8) is 0 Å². The van der Waals surface area contributed by atoms with Crippen LogP contribution in [0.1, 0.15) is 5.56 Å². The van der Waals surface area contributed by atoms with Crippen LogP contribution >= 0.6 is 11.8 Å². The summed E-state index contributed by atoms with van der Waals surface area (Å²) in [6.45, 7) is 2.02. The third-order valence-corrected chi connectivity index (χ3v) is 2.82. The van der Waals surface area contributed by atoms with Gasteiger partial charge in [0.05, 0.1) is 5.69 Å². The fourth-order valence-electron chi connectivity index (χ4n) is 1.39. The van der Waals surface area contributed by atoms with Gasteiger partial charge in [0.15, 0.2) is 0 Å². The van der Waals surface area contributed by atoms with E-state index in [1.165, 1.54) is 11.8 Å². The Morgan fingerprint density at radius 2 is 1.88 bits per heavy atom. The van der Waals surface area contributed by atoms with Crippen LogP contribution in [0.25, 0.3) is 11.3 Å². The molecule has 78 valence electrons. The average Bonchev–Trinajstić information content (AvgIpc) is 2.32. The van der Waals surface area contributed by atoms with Crippen LogP contribution in [0, 0.1) is 17.6 Å². The second-order valence-corrected chi connectivity index (χ2v) is 4.30. The number of benzene rings is 1. The lowest BCUT2D eigenvalue weighted by molar-refractivity contribution is 1.27. The quantitative estimate of drug-likeness (QED) is 0.579. The maximum atomic E-state index is 8.54. The molecule has 16 heavy (non-hydrogen) atoms. The maximum Gasteiger partial charge on any atom is 0.138 e. The lowest BCUT2D eigenvalue weighted by Gasteiger charge is -2.01. The van der Waals surface area contributed by atoms with Crippen LogP contribution in [0.5, 0.6) is 0 Å². The lowest BCUT2D eigenvalue weighted by atomic mass is 10.1. The molecule has 1 aromatic heterocycles. The van der Waals surface area contributed by atoms with Crippen molar-refractivity contribution in [3.05, 3.63) is 48.2 Å². The first kappa shape index (κ1) is 10.7. The third-order valence-electron chi connectivity index (χ3n) is 2.22. The van der Waals surface area contributed by atoms with E-state index in [1.54, 1.807) is 0 Å². The highest BCUT2D eigenvalue weighted by atomic mass is 32.2. The number of aromatic nitrogens is 1. The molecule has 0 bridgehead atoms. The fraction of sp³-hybridized carbons (Fsp3) is 0.0769. The van der Waals surface area contributed by atoms with Gasteiger partial charge in [0.2, 0.25) is 0 Å². The standard InChI is InChI=1S/C13H10N2S/c1-10-2-7-13(15-8-10)11-3-5-12(6-4-11)16-9-14/h2-8H,1H3. The van der Waals surface area contributed by atoms with E-state index in [1.807, 2.05) is 49.5 Å². The normalized spacial score (nSPS) is 9.75.